The van der Waals surface area contributed by atoms with Gasteiger partial charge in [0.25, 0.3) is 0 Å². The van der Waals surface area contributed by atoms with E-state index in [9.17, 15) is 24.3 Å². The van der Waals surface area contributed by atoms with Crippen LogP contribution in [0, 0.1) is 5.92 Å². The summed E-state index contributed by atoms with van der Waals surface area (Å²) in [6.07, 6.45) is 1.12. The van der Waals surface area contributed by atoms with Gasteiger partial charge in [-0.15, -0.1) is 0 Å². The maximum Gasteiger partial charge on any atom is 0.338 e. The zero-order valence-electron chi connectivity index (χ0n) is 17.8. The Hall–Kier alpha value is -3.48. The SMILES string of the molecule is CCc1c(C(=O)OC)cc2c(c1OC)C(=O)c1c(O)cc3c(c1C2=O)C(=O)CC(C)C3. The van der Waals surface area contributed by atoms with Crippen molar-refractivity contribution in [3.05, 3.63) is 56.6 Å². The highest BCUT2D eigenvalue weighted by molar-refractivity contribution is 6.33. The molecule has 0 spiro atoms. The summed E-state index contributed by atoms with van der Waals surface area (Å²) in [6, 6.07) is 2.74. The molecule has 7 nitrogen and oxygen atoms in total. The van der Waals surface area contributed by atoms with Crippen molar-refractivity contribution in [2.24, 2.45) is 5.92 Å². The van der Waals surface area contributed by atoms with Crippen LogP contribution in [0.4, 0.5) is 0 Å². The summed E-state index contributed by atoms with van der Waals surface area (Å²) < 4.78 is 10.3. The van der Waals surface area contributed by atoms with E-state index >= 15 is 0 Å². The van der Waals surface area contributed by atoms with Gasteiger partial charge in [0, 0.05) is 28.7 Å². The summed E-state index contributed by atoms with van der Waals surface area (Å²) >= 11 is 0. The summed E-state index contributed by atoms with van der Waals surface area (Å²) in [7, 11) is 2.57. The monoisotopic (exact) mass is 422 g/mol. The molecule has 4 rings (SSSR count). The Labute approximate surface area is 179 Å². The zero-order valence-corrected chi connectivity index (χ0v) is 17.8. The molecule has 0 radical (unpaired) electrons. The summed E-state index contributed by atoms with van der Waals surface area (Å²) in [5.41, 5.74) is 0.960. The Balaban J connectivity index is 2.08. The lowest BCUT2D eigenvalue weighted by atomic mass is 9.73. The van der Waals surface area contributed by atoms with E-state index in [1.807, 2.05) is 6.92 Å². The van der Waals surface area contributed by atoms with Gasteiger partial charge in [-0.3, -0.25) is 14.4 Å². The minimum Gasteiger partial charge on any atom is -0.507 e. The molecule has 0 bridgehead atoms. The number of ketones is 3. The number of phenols is 1. The second-order valence-electron chi connectivity index (χ2n) is 7.98. The van der Waals surface area contributed by atoms with E-state index in [0.29, 0.717) is 24.0 Å². The van der Waals surface area contributed by atoms with Crippen molar-refractivity contribution in [3.8, 4) is 11.5 Å². The third kappa shape index (κ3) is 2.87. The number of aromatic hydroxyl groups is 1. The van der Waals surface area contributed by atoms with Crippen LogP contribution in [0.2, 0.25) is 0 Å². The molecule has 0 fully saturated rings. The average Bonchev–Trinajstić information content (AvgIpc) is 2.74. The number of rotatable bonds is 3. The number of phenolic OH excluding ortho intramolecular Hbond substituents is 1. The van der Waals surface area contributed by atoms with Crippen LogP contribution in [0.3, 0.4) is 0 Å². The molecule has 0 amide bonds. The van der Waals surface area contributed by atoms with E-state index in [1.165, 1.54) is 26.4 Å². The minimum absolute atomic E-state index is 0.0172. The highest BCUT2D eigenvalue weighted by Crippen LogP contribution is 2.44. The van der Waals surface area contributed by atoms with Crippen LogP contribution in [0.15, 0.2) is 12.1 Å². The maximum absolute atomic E-state index is 13.6. The Morgan fingerprint density at radius 2 is 1.74 bits per heavy atom. The van der Waals surface area contributed by atoms with E-state index in [2.05, 4.69) is 0 Å². The van der Waals surface area contributed by atoms with Crippen molar-refractivity contribution in [1.82, 2.24) is 0 Å². The smallest absolute Gasteiger partial charge is 0.338 e. The number of hydrogen-bond acceptors (Lipinski definition) is 7. The second kappa shape index (κ2) is 7.34. The quantitative estimate of drug-likeness (QED) is 0.646. The average molecular weight is 422 g/mol. The van der Waals surface area contributed by atoms with E-state index in [1.54, 1.807) is 6.92 Å². The molecule has 0 aliphatic heterocycles. The number of methoxy groups -OCH3 is 2. The molecule has 1 unspecified atom stereocenters. The van der Waals surface area contributed by atoms with Crippen molar-refractivity contribution in [1.29, 1.82) is 0 Å². The fourth-order valence-electron chi connectivity index (χ4n) is 4.76. The predicted octanol–water partition coefficient (Wildman–Crippen LogP) is 3.29. The van der Waals surface area contributed by atoms with Crippen molar-refractivity contribution in [2.75, 3.05) is 14.2 Å². The Morgan fingerprint density at radius 1 is 1.03 bits per heavy atom. The largest absolute Gasteiger partial charge is 0.507 e. The molecule has 1 atom stereocenters. The molecule has 2 aromatic carbocycles. The molecule has 0 aromatic heterocycles. The number of ether oxygens (including phenoxy) is 2. The van der Waals surface area contributed by atoms with Crippen LogP contribution in [0.5, 0.6) is 11.5 Å². The molecule has 31 heavy (non-hydrogen) atoms. The highest BCUT2D eigenvalue weighted by atomic mass is 16.5. The van der Waals surface area contributed by atoms with E-state index in [0.717, 1.165) is 0 Å². The molecule has 0 heterocycles. The van der Waals surface area contributed by atoms with Crippen LogP contribution in [0.25, 0.3) is 0 Å². The Kier molecular flexibility index (Phi) is 4.92. The van der Waals surface area contributed by atoms with Crippen LogP contribution in [0.1, 0.15) is 84.0 Å². The maximum atomic E-state index is 13.6. The lowest BCUT2D eigenvalue weighted by Crippen LogP contribution is -2.29. The van der Waals surface area contributed by atoms with Crippen LogP contribution in [-0.2, 0) is 17.6 Å². The normalized spacial score (nSPS) is 17.0. The number of carbonyl (C=O) groups is 4. The van der Waals surface area contributed by atoms with Gasteiger partial charge in [0.15, 0.2) is 11.6 Å². The molecular weight excluding hydrogens is 400 g/mol. The zero-order chi connectivity index (χ0) is 22.6. The lowest BCUT2D eigenvalue weighted by molar-refractivity contribution is 0.0598. The van der Waals surface area contributed by atoms with Gasteiger partial charge >= 0.3 is 5.97 Å². The number of benzene rings is 2. The highest BCUT2D eigenvalue weighted by Gasteiger charge is 2.41. The summed E-state index contributed by atoms with van der Waals surface area (Å²) in [4.78, 5) is 52.4. The predicted molar refractivity (Wildman–Crippen MR) is 110 cm³/mol. The third-order valence-corrected chi connectivity index (χ3v) is 6.04. The number of fused-ring (bicyclic) bond motifs is 4. The summed E-state index contributed by atoms with van der Waals surface area (Å²) in [5, 5.41) is 10.7. The van der Waals surface area contributed by atoms with Gasteiger partial charge in [-0.05, 0) is 36.5 Å². The molecule has 2 aromatic rings. The van der Waals surface area contributed by atoms with Gasteiger partial charge < -0.3 is 14.6 Å². The van der Waals surface area contributed by atoms with Gasteiger partial charge in [-0.25, -0.2) is 4.79 Å². The van der Waals surface area contributed by atoms with Crippen LogP contribution >= 0.6 is 0 Å². The van der Waals surface area contributed by atoms with Crippen molar-refractivity contribution < 1.29 is 33.8 Å². The second-order valence-corrected chi connectivity index (χ2v) is 7.98. The molecule has 0 saturated heterocycles. The van der Waals surface area contributed by atoms with E-state index in [-0.39, 0.29) is 63.0 Å². The molecule has 0 saturated carbocycles. The molecule has 160 valence electrons. The molecule has 7 heteroatoms. The molecule has 2 aliphatic carbocycles. The van der Waals surface area contributed by atoms with E-state index in [4.69, 9.17) is 9.47 Å². The summed E-state index contributed by atoms with van der Waals surface area (Å²) in [5.74, 6) is -2.27. The molecule has 1 N–H and O–H groups in total. The molecular formula is C24H22O7. The van der Waals surface area contributed by atoms with Gasteiger partial charge in [0.05, 0.1) is 30.9 Å². The van der Waals surface area contributed by atoms with Gasteiger partial charge in [0.2, 0.25) is 5.78 Å². The number of Topliss-reactive ketones (excluding diaryl/α,β-unsaturated/α-hetero) is 1. The minimum atomic E-state index is -0.660. The first-order valence-corrected chi connectivity index (χ1v) is 10.1. The number of hydrogen-bond donors (Lipinski definition) is 1. The van der Waals surface area contributed by atoms with Gasteiger partial charge in [-0.1, -0.05) is 13.8 Å². The standard InChI is InChI=1S/C24H22O7/c1-5-12-13(24(29)31-4)9-14-18(23(12)30-3)22(28)19-16(26)8-11-6-10(2)7-15(25)17(11)20(19)21(14)27/h8-10,26H,5-7H2,1-4H3. The fraction of sp³-hybridized carbons (Fsp3) is 0.333. The third-order valence-electron chi connectivity index (χ3n) is 6.04. The van der Waals surface area contributed by atoms with Crippen LogP contribution in [-0.4, -0.2) is 42.6 Å². The summed E-state index contributed by atoms with van der Waals surface area (Å²) in [6.45, 7) is 3.70. The molecule has 2 aliphatic rings. The van der Waals surface area contributed by atoms with Crippen LogP contribution < -0.4 is 4.74 Å². The Morgan fingerprint density at radius 3 is 2.35 bits per heavy atom. The van der Waals surface area contributed by atoms with E-state index < -0.39 is 17.5 Å². The fourth-order valence-corrected chi connectivity index (χ4v) is 4.76. The van der Waals surface area contributed by atoms with Crippen molar-refractivity contribution >= 4 is 23.3 Å². The first-order valence-electron chi connectivity index (χ1n) is 10.1. The van der Waals surface area contributed by atoms with Gasteiger partial charge in [-0.2, -0.15) is 0 Å². The first-order chi connectivity index (χ1) is 14.7. The van der Waals surface area contributed by atoms with Crippen molar-refractivity contribution in [3.63, 3.8) is 0 Å². The number of carbonyl (C=O) groups excluding carboxylic acids is 4. The first kappa shape index (κ1) is 20.8. The number of esters is 1. The van der Waals surface area contributed by atoms with Crippen molar-refractivity contribution in [2.45, 2.75) is 33.1 Å². The Bertz CT molecular complexity index is 1190. The topological polar surface area (TPSA) is 107 Å². The van der Waals surface area contributed by atoms with Gasteiger partial charge in [0.1, 0.15) is 11.5 Å². The lowest BCUT2D eigenvalue weighted by Gasteiger charge is -2.28.